The van der Waals surface area contributed by atoms with Gasteiger partial charge >= 0.3 is 0 Å². The Morgan fingerprint density at radius 1 is 0.886 bits per heavy atom. The molecule has 0 saturated carbocycles. The lowest BCUT2D eigenvalue weighted by Gasteiger charge is -2.25. The number of anilines is 2. The summed E-state index contributed by atoms with van der Waals surface area (Å²) in [5, 5.41) is 5.57. The predicted octanol–water partition coefficient (Wildman–Crippen LogP) is 4.52. The Morgan fingerprint density at radius 2 is 1.49 bits per heavy atom. The van der Waals surface area contributed by atoms with Crippen molar-refractivity contribution in [2.24, 2.45) is 5.92 Å². The third-order valence-electron chi connectivity index (χ3n) is 5.23. The molecule has 0 unspecified atom stereocenters. The molecule has 3 aromatic rings. The van der Waals surface area contributed by atoms with Crippen LogP contribution in [0.2, 0.25) is 0 Å². The van der Waals surface area contributed by atoms with Crippen LogP contribution in [-0.4, -0.2) is 33.3 Å². The summed E-state index contributed by atoms with van der Waals surface area (Å²) < 4.78 is 28.2. The first kappa shape index (κ1) is 26.0. The summed E-state index contributed by atoms with van der Waals surface area (Å²) in [5.41, 5.74) is 2.77. The first-order valence-corrected chi connectivity index (χ1v) is 12.8. The molecule has 3 aromatic carbocycles. The van der Waals surface area contributed by atoms with Gasteiger partial charge in [-0.3, -0.25) is 13.9 Å². The highest BCUT2D eigenvalue weighted by Gasteiger charge is 2.28. The van der Waals surface area contributed by atoms with Crippen LogP contribution in [0.15, 0.2) is 77.7 Å². The number of para-hydroxylation sites is 1. The highest BCUT2D eigenvalue weighted by Crippen LogP contribution is 2.26. The molecule has 35 heavy (non-hydrogen) atoms. The minimum absolute atomic E-state index is 0.0837. The molecule has 8 heteroatoms. The van der Waals surface area contributed by atoms with Gasteiger partial charge in [-0.2, -0.15) is 0 Å². The largest absolute Gasteiger partial charge is 0.352 e. The van der Waals surface area contributed by atoms with Gasteiger partial charge in [-0.1, -0.05) is 50.2 Å². The molecular weight excluding hydrogens is 462 g/mol. The van der Waals surface area contributed by atoms with Crippen molar-refractivity contribution in [1.29, 1.82) is 0 Å². The third-order valence-corrected chi connectivity index (χ3v) is 7.02. The normalized spacial score (nSPS) is 11.2. The van der Waals surface area contributed by atoms with Crippen LogP contribution in [0.5, 0.6) is 0 Å². The monoisotopic (exact) mass is 493 g/mol. The van der Waals surface area contributed by atoms with Crippen LogP contribution >= 0.6 is 0 Å². The zero-order valence-electron chi connectivity index (χ0n) is 20.4. The van der Waals surface area contributed by atoms with E-state index in [1.807, 2.05) is 33.8 Å². The Kier molecular flexibility index (Phi) is 8.30. The van der Waals surface area contributed by atoms with Crippen LogP contribution in [0.1, 0.15) is 35.3 Å². The number of carbonyl (C=O) groups is 2. The summed E-state index contributed by atoms with van der Waals surface area (Å²) >= 11 is 0. The quantitative estimate of drug-likeness (QED) is 0.458. The van der Waals surface area contributed by atoms with E-state index < -0.39 is 22.5 Å². The van der Waals surface area contributed by atoms with Gasteiger partial charge in [-0.15, -0.1) is 0 Å². The second kappa shape index (κ2) is 11.2. The van der Waals surface area contributed by atoms with E-state index in [0.29, 0.717) is 23.5 Å². The fourth-order valence-corrected chi connectivity index (χ4v) is 5.06. The van der Waals surface area contributed by atoms with Crippen LogP contribution in [0.3, 0.4) is 0 Å². The van der Waals surface area contributed by atoms with Crippen molar-refractivity contribution in [1.82, 2.24) is 5.32 Å². The Labute approximate surface area is 207 Å². The standard InChI is InChI=1S/C27H31N3O4S/c1-19(2)17-28-27(32)24-12-8-9-13-25(24)29-26(31)18-30(22-15-20(3)14-21(4)16-22)35(33,34)23-10-6-5-7-11-23/h5-16,19H,17-18H2,1-4H3,(H,28,32)(H,29,31). The summed E-state index contributed by atoms with van der Waals surface area (Å²) in [5.74, 6) is -0.597. The maximum absolute atomic E-state index is 13.5. The number of aryl methyl sites for hydroxylation is 2. The zero-order chi connectivity index (χ0) is 25.6. The van der Waals surface area contributed by atoms with Crippen LogP contribution < -0.4 is 14.9 Å². The van der Waals surface area contributed by atoms with Gasteiger partial charge in [0.05, 0.1) is 21.8 Å². The molecule has 0 fully saturated rings. The lowest BCUT2D eigenvalue weighted by atomic mass is 10.1. The van der Waals surface area contributed by atoms with Crippen molar-refractivity contribution in [3.63, 3.8) is 0 Å². The molecule has 0 aromatic heterocycles. The van der Waals surface area contributed by atoms with Gasteiger partial charge in [-0.05, 0) is 67.3 Å². The van der Waals surface area contributed by atoms with E-state index in [9.17, 15) is 18.0 Å². The van der Waals surface area contributed by atoms with Gasteiger partial charge in [0.1, 0.15) is 6.54 Å². The van der Waals surface area contributed by atoms with Crippen LogP contribution in [-0.2, 0) is 14.8 Å². The Bertz CT molecular complexity index is 1280. The molecule has 2 N–H and O–H groups in total. The van der Waals surface area contributed by atoms with Gasteiger partial charge in [-0.25, -0.2) is 8.42 Å². The summed E-state index contributed by atoms with van der Waals surface area (Å²) in [6.07, 6.45) is 0. The summed E-state index contributed by atoms with van der Waals surface area (Å²) in [4.78, 5) is 25.9. The maximum Gasteiger partial charge on any atom is 0.264 e. The fourth-order valence-electron chi connectivity index (χ4n) is 3.63. The Hall–Kier alpha value is -3.65. The van der Waals surface area contributed by atoms with Crippen molar-refractivity contribution in [3.05, 3.63) is 89.5 Å². The SMILES string of the molecule is Cc1cc(C)cc(N(CC(=O)Nc2ccccc2C(=O)NCC(C)C)S(=O)(=O)c2ccccc2)c1. The number of benzene rings is 3. The second-order valence-electron chi connectivity index (χ2n) is 8.87. The van der Waals surface area contributed by atoms with Crippen molar-refractivity contribution < 1.29 is 18.0 Å². The van der Waals surface area contributed by atoms with Crippen LogP contribution in [0, 0.1) is 19.8 Å². The zero-order valence-corrected chi connectivity index (χ0v) is 21.2. The van der Waals surface area contributed by atoms with Crippen molar-refractivity contribution in [3.8, 4) is 0 Å². The number of nitrogens with one attached hydrogen (secondary N) is 2. The summed E-state index contributed by atoms with van der Waals surface area (Å²) in [6, 6.07) is 20.0. The fraction of sp³-hybridized carbons (Fsp3) is 0.259. The molecule has 3 rings (SSSR count). The van der Waals surface area contributed by atoms with Gasteiger partial charge in [0, 0.05) is 6.54 Å². The average Bonchev–Trinajstić information content (AvgIpc) is 2.81. The molecule has 0 aliphatic carbocycles. The van der Waals surface area contributed by atoms with E-state index in [1.165, 1.54) is 12.1 Å². The molecule has 0 heterocycles. The average molecular weight is 494 g/mol. The molecule has 7 nitrogen and oxygen atoms in total. The lowest BCUT2D eigenvalue weighted by Crippen LogP contribution is -2.38. The molecule has 0 bridgehead atoms. The molecule has 184 valence electrons. The predicted molar refractivity (Wildman–Crippen MR) is 139 cm³/mol. The Morgan fingerprint density at radius 3 is 2.11 bits per heavy atom. The molecular formula is C27H31N3O4S. The minimum Gasteiger partial charge on any atom is -0.352 e. The first-order chi connectivity index (χ1) is 16.6. The van der Waals surface area contributed by atoms with Crippen molar-refractivity contribution in [2.45, 2.75) is 32.6 Å². The lowest BCUT2D eigenvalue weighted by molar-refractivity contribution is -0.114. The van der Waals surface area contributed by atoms with E-state index in [4.69, 9.17) is 0 Å². The first-order valence-electron chi connectivity index (χ1n) is 11.4. The minimum atomic E-state index is -4.03. The van der Waals surface area contributed by atoms with Crippen molar-refractivity contribution in [2.75, 3.05) is 22.7 Å². The van der Waals surface area contributed by atoms with E-state index in [-0.39, 0.29) is 16.7 Å². The molecule has 0 aliphatic heterocycles. The molecule has 2 amide bonds. The number of carbonyl (C=O) groups excluding carboxylic acids is 2. The molecule has 0 atom stereocenters. The number of nitrogens with zero attached hydrogens (tertiary/aromatic N) is 1. The van der Waals surface area contributed by atoms with E-state index >= 15 is 0 Å². The molecule has 0 saturated heterocycles. The number of hydrogen-bond acceptors (Lipinski definition) is 4. The second-order valence-corrected chi connectivity index (χ2v) is 10.7. The molecule has 0 aliphatic rings. The number of hydrogen-bond donors (Lipinski definition) is 2. The number of sulfonamides is 1. The molecule has 0 radical (unpaired) electrons. The highest BCUT2D eigenvalue weighted by molar-refractivity contribution is 7.92. The topological polar surface area (TPSA) is 95.6 Å². The maximum atomic E-state index is 13.5. The van der Waals surface area contributed by atoms with Gasteiger partial charge in [0.25, 0.3) is 15.9 Å². The van der Waals surface area contributed by atoms with Gasteiger partial charge in [0.15, 0.2) is 0 Å². The number of amides is 2. The van der Waals surface area contributed by atoms with E-state index in [2.05, 4.69) is 10.6 Å². The van der Waals surface area contributed by atoms with E-state index in [0.717, 1.165) is 15.4 Å². The van der Waals surface area contributed by atoms with Crippen molar-refractivity contribution >= 4 is 33.2 Å². The summed E-state index contributed by atoms with van der Waals surface area (Å²) in [6.45, 7) is 7.76. The van der Waals surface area contributed by atoms with Crippen LogP contribution in [0.25, 0.3) is 0 Å². The number of rotatable bonds is 9. The van der Waals surface area contributed by atoms with Gasteiger partial charge in [0.2, 0.25) is 5.91 Å². The third kappa shape index (κ3) is 6.70. The molecule has 0 spiro atoms. The smallest absolute Gasteiger partial charge is 0.264 e. The Balaban J connectivity index is 1.92. The van der Waals surface area contributed by atoms with E-state index in [1.54, 1.807) is 54.6 Å². The van der Waals surface area contributed by atoms with Crippen LogP contribution in [0.4, 0.5) is 11.4 Å². The van der Waals surface area contributed by atoms with Gasteiger partial charge < -0.3 is 10.6 Å². The highest BCUT2D eigenvalue weighted by atomic mass is 32.2. The summed E-state index contributed by atoms with van der Waals surface area (Å²) in [7, 11) is -4.03.